The van der Waals surface area contributed by atoms with Crippen LogP contribution in [0.25, 0.3) is 11.4 Å². The first kappa shape index (κ1) is 14.9. The Balaban J connectivity index is 2.16. The Morgan fingerprint density at radius 3 is 2.80 bits per heavy atom. The third-order valence-corrected chi connectivity index (χ3v) is 3.06. The van der Waals surface area contributed by atoms with E-state index in [0.717, 1.165) is 24.8 Å². The molecular formula is C15H19ClN2O2. The summed E-state index contributed by atoms with van der Waals surface area (Å²) in [5, 5.41) is 4.54. The Bertz CT molecular complexity index is 567. The van der Waals surface area contributed by atoms with Crippen LogP contribution in [0, 0.1) is 0 Å². The molecule has 2 rings (SSSR count). The second-order valence-corrected chi connectivity index (χ2v) is 5.33. The van der Waals surface area contributed by atoms with Crippen LogP contribution >= 0.6 is 11.6 Å². The molecule has 0 fully saturated rings. The Hall–Kier alpha value is -1.55. The first-order valence-corrected chi connectivity index (χ1v) is 7.27. The number of unbranched alkanes of at least 4 members (excludes halogenated alkanes) is 1. The summed E-state index contributed by atoms with van der Waals surface area (Å²) in [6.07, 6.45) is 3.05. The van der Waals surface area contributed by atoms with Crippen LogP contribution in [0.4, 0.5) is 0 Å². The van der Waals surface area contributed by atoms with E-state index in [-0.39, 0.29) is 6.10 Å². The fraction of sp³-hybridized carbons (Fsp3) is 0.467. The van der Waals surface area contributed by atoms with Gasteiger partial charge in [0.25, 0.3) is 0 Å². The van der Waals surface area contributed by atoms with Gasteiger partial charge in [-0.2, -0.15) is 4.98 Å². The van der Waals surface area contributed by atoms with Crippen molar-refractivity contribution in [2.24, 2.45) is 0 Å². The zero-order valence-corrected chi connectivity index (χ0v) is 12.8. The number of aryl methyl sites for hydroxylation is 1. The molecule has 20 heavy (non-hydrogen) atoms. The van der Waals surface area contributed by atoms with Crippen molar-refractivity contribution in [3.8, 4) is 17.1 Å². The molecule has 1 heterocycles. The highest BCUT2D eigenvalue weighted by Gasteiger charge is 2.11. The van der Waals surface area contributed by atoms with Crippen LogP contribution in [-0.2, 0) is 6.42 Å². The lowest BCUT2D eigenvalue weighted by Gasteiger charge is -2.11. The summed E-state index contributed by atoms with van der Waals surface area (Å²) in [5.41, 5.74) is 0.831. The number of nitrogens with zero attached hydrogens (tertiary/aromatic N) is 2. The zero-order chi connectivity index (χ0) is 14.5. The van der Waals surface area contributed by atoms with Crippen molar-refractivity contribution < 1.29 is 9.26 Å². The largest absolute Gasteiger partial charge is 0.489 e. The Morgan fingerprint density at radius 2 is 2.15 bits per heavy atom. The molecule has 0 spiro atoms. The first-order valence-electron chi connectivity index (χ1n) is 6.89. The summed E-state index contributed by atoms with van der Waals surface area (Å²) in [6.45, 7) is 6.05. The molecule has 0 saturated carbocycles. The van der Waals surface area contributed by atoms with E-state index >= 15 is 0 Å². The van der Waals surface area contributed by atoms with Crippen LogP contribution in [-0.4, -0.2) is 16.2 Å². The van der Waals surface area contributed by atoms with E-state index in [1.807, 2.05) is 26.0 Å². The van der Waals surface area contributed by atoms with Gasteiger partial charge in [0, 0.05) is 12.0 Å². The molecule has 0 aliphatic carbocycles. The maximum atomic E-state index is 6.20. The summed E-state index contributed by atoms with van der Waals surface area (Å²) in [7, 11) is 0. The van der Waals surface area contributed by atoms with Gasteiger partial charge in [-0.25, -0.2) is 0 Å². The minimum atomic E-state index is 0.0872. The van der Waals surface area contributed by atoms with Gasteiger partial charge in [0.2, 0.25) is 11.7 Å². The topological polar surface area (TPSA) is 48.2 Å². The second-order valence-electron chi connectivity index (χ2n) is 4.93. The predicted octanol–water partition coefficient (Wildman–Crippen LogP) is 4.52. The van der Waals surface area contributed by atoms with Gasteiger partial charge in [0.15, 0.2) is 0 Å². The maximum absolute atomic E-state index is 6.20. The number of hydrogen-bond donors (Lipinski definition) is 0. The Labute approximate surface area is 124 Å². The van der Waals surface area contributed by atoms with Gasteiger partial charge < -0.3 is 9.26 Å². The molecule has 0 unspecified atom stereocenters. The van der Waals surface area contributed by atoms with Crippen LogP contribution in [0.5, 0.6) is 5.75 Å². The molecule has 1 aromatic heterocycles. The molecular weight excluding hydrogens is 276 g/mol. The first-order chi connectivity index (χ1) is 9.60. The van der Waals surface area contributed by atoms with Gasteiger partial charge >= 0.3 is 0 Å². The Kier molecular flexibility index (Phi) is 5.01. The normalized spacial score (nSPS) is 11.1. The van der Waals surface area contributed by atoms with Crippen molar-refractivity contribution in [3.05, 3.63) is 29.1 Å². The van der Waals surface area contributed by atoms with E-state index in [9.17, 15) is 0 Å². The van der Waals surface area contributed by atoms with Gasteiger partial charge in [-0.15, -0.1) is 0 Å². The van der Waals surface area contributed by atoms with Crippen LogP contribution in [0.2, 0.25) is 5.02 Å². The maximum Gasteiger partial charge on any atom is 0.226 e. The van der Waals surface area contributed by atoms with Gasteiger partial charge in [-0.1, -0.05) is 30.1 Å². The number of ether oxygens (including phenoxy) is 1. The molecule has 108 valence electrons. The van der Waals surface area contributed by atoms with Crippen LogP contribution in [0.1, 0.15) is 39.5 Å². The standard InChI is InChI=1S/C15H19ClN2O2/c1-4-5-6-14-17-15(18-20-14)11-7-8-13(12(16)9-11)19-10(2)3/h7-10H,4-6H2,1-3H3. The molecule has 2 aromatic rings. The second kappa shape index (κ2) is 6.75. The highest BCUT2D eigenvalue weighted by atomic mass is 35.5. The smallest absolute Gasteiger partial charge is 0.226 e. The summed E-state index contributed by atoms with van der Waals surface area (Å²) in [4.78, 5) is 4.37. The van der Waals surface area contributed by atoms with E-state index < -0.39 is 0 Å². The zero-order valence-electron chi connectivity index (χ0n) is 12.0. The van der Waals surface area contributed by atoms with Crippen molar-refractivity contribution in [2.75, 3.05) is 0 Å². The molecule has 0 amide bonds. The van der Waals surface area contributed by atoms with Crippen LogP contribution < -0.4 is 4.74 Å². The fourth-order valence-electron chi connectivity index (χ4n) is 1.79. The third kappa shape index (κ3) is 3.73. The van der Waals surface area contributed by atoms with E-state index in [1.165, 1.54) is 0 Å². The molecule has 1 aromatic carbocycles. The molecule has 0 aliphatic rings. The lowest BCUT2D eigenvalue weighted by molar-refractivity contribution is 0.242. The minimum absolute atomic E-state index is 0.0872. The fourth-order valence-corrected chi connectivity index (χ4v) is 2.02. The van der Waals surface area contributed by atoms with Gasteiger partial charge in [0.1, 0.15) is 5.75 Å². The molecule has 5 heteroatoms. The molecule has 0 aliphatic heterocycles. The van der Waals surface area contributed by atoms with Crippen molar-refractivity contribution in [3.63, 3.8) is 0 Å². The quantitative estimate of drug-likeness (QED) is 0.786. The highest BCUT2D eigenvalue weighted by Crippen LogP contribution is 2.30. The summed E-state index contributed by atoms with van der Waals surface area (Å²) >= 11 is 6.20. The number of hydrogen-bond acceptors (Lipinski definition) is 4. The molecule has 0 N–H and O–H groups in total. The highest BCUT2D eigenvalue weighted by molar-refractivity contribution is 6.32. The molecule has 0 atom stereocenters. The van der Waals surface area contributed by atoms with Gasteiger partial charge in [0.05, 0.1) is 11.1 Å². The predicted molar refractivity (Wildman–Crippen MR) is 79.1 cm³/mol. The van der Waals surface area contributed by atoms with Crippen LogP contribution in [0.3, 0.4) is 0 Å². The SMILES string of the molecule is CCCCc1nc(-c2ccc(OC(C)C)c(Cl)c2)no1. The van der Waals surface area contributed by atoms with Crippen LogP contribution in [0.15, 0.2) is 22.7 Å². The average molecular weight is 295 g/mol. The van der Waals surface area contributed by atoms with E-state index in [1.54, 1.807) is 6.07 Å². The molecule has 0 radical (unpaired) electrons. The molecule has 0 bridgehead atoms. The van der Waals surface area contributed by atoms with E-state index in [4.69, 9.17) is 20.9 Å². The lowest BCUT2D eigenvalue weighted by atomic mass is 10.2. The Morgan fingerprint density at radius 1 is 1.35 bits per heavy atom. The summed E-state index contributed by atoms with van der Waals surface area (Å²) in [6, 6.07) is 5.52. The minimum Gasteiger partial charge on any atom is -0.489 e. The number of halogens is 1. The lowest BCUT2D eigenvalue weighted by Crippen LogP contribution is -2.05. The third-order valence-electron chi connectivity index (χ3n) is 2.77. The number of rotatable bonds is 6. The monoisotopic (exact) mass is 294 g/mol. The number of aromatic nitrogens is 2. The van der Waals surface area contributed by atoms with Gasteiger partial charge in [-0.3, -0.25) is 0 Å². The molecule has 4 nitrogen and oxygen atoms in total. The van der Waals surface area contributed by atoms with Crippen molar-refractivity contribution in [1.82, 2.24) is 10.1 Å². The molecule has 0 saturated heterocycles. The summed E-state index contributed by atoms with van der Waals surface area (Å²) in [5.74, 6) is 1.90. The van der Waals surface area contributed by atoms with Crippen molar-refractivity contribution in [1.29, 1.82) is 0 Å². The number of benzene rings is 1. The van der Waals surface area contributed by atoms with E-state index in [2.05, 4.69) is 17.1 Å². The van der Waals surface area contributed by atoms with Gasteiger partial charge in [-0.05, 0) is 38.5 Å². The van der Waals surface area contributed by atoms with Crippen molar-refractivity contribution in [2.45, 2.75) is 46.1 Å². The van der Waals surface area contributed by atoms with Crippen molar-refractivity contribution >= 4 is 11.6 Å². The summed E-state index contributed by atoms with van der Waals surface area (Å²) < 4.78 is 10.8. The van der Waals surface area contributed by atoms with E-state index in [0.29, 0.717) is 22.5 Å². The average Bonchev–Trinajstić information content (AvgIpc) is 2.87.